The molecular weight excluding hydrogens is 486 g/mol. The van der Waals surface area contributed by atoms with Gasteiger partial charge in [-0.05, 0) is 67.8 Å². The van der Waals surface area contributed by atoms with E-state index in [2.05, 4.69) is 77.1 Å². The highest BCUT2D eigenvalue weighted by Gasteiger charge is 2.31. The van der Waals surface area contributed by atoms with Gasteiger partial charge < -0.3 is 19.9 Å². The van der Waals surface area contributed by atoms with E-state index in [-0.39, 0.29) is 5.41 Å². The van der Waals surface area contributed by atoms with Crippen LogP contribution in [-0.4, -0.2) is 44.6 Å². The Hall–Kier alpha value is -3.52. The fourth-order valence-corrected chi connectivity index (χ4v) is 5.72. The molecule has 1 aliphatic carbocycles. The van der Waals surface area contributed by atoms with Gasteiger partial charge in [0, 0.05) is 35.1 Å². The number of rotatable bonds is 6. The predicted molar refractivity (Wildman–Crippen MR) is 155 cm³/mol. The van der Waals surface area contributed by atoms with Crippen molar-refractivity contribution < 1.29 is 4.74 Å². The fraction of sp³-hybridized carbons (Fsp3) is 0.484. The summed E-state index contributed by atoms with van der Waals surface area (Å²) in [7, 11) is 0. The van der Waals surface area contributed by atoms with Crippen molar-refractivity contribution in [3.8, 4) is 16.9 Å². The summed E-state index contributed by atoms with van der Waals surface area (Å²) in [6, 6.07) is 8.58. The van der Waals surface area contributed by atoms with E-state index in [1.807, 2.05) is 13.1 Å². The Bertz CT molecular complexity index is 1510. The van der Waals surface area contributed by atoms with Gasteiger partial charge in [0.05, 0.1) is 18.6 Å². The third kappa shape index (κ3) is 5.48. The molecule has 6 rings (SSSR count). The van der Waals surface area contributed by atoms with Crippen LogP contribution >= 0.6 is 0 Å². The summed E-state index contributed by atoms with van der Waals surface area (Å²) in [5.41, 5.74) is 7.80. The number of imidazole rings is 1. The van der Waals surface area contributed by atoms with E-state index in [1.54, 1.807) is 0 Å². The number of pyridine rings is 1. The van der Waals surface area contributed by atoms with Crippen LogP contribution in [0.25, 0.3) is 22.3 Å². The smallest absolute Gasteiger partial charge is 0.177 e. The summed E-state index contributed by atoms with van der Waals surface area (Å²) in [6.07, 6.45) is 5.05. The molecule has 0 unspecified atom stereocenters. The number of nitrogens with one attached hydrogen (secondary N) is 2. The minimum Gasteiger partial charge on any atom is -0.491 e. The molecule has 3 aromatic heterocycles. The lowest BCUT2D eigenvalue weighted by Crippen LogP contribution is -2.32. The first-order chi connectivity index (χ1) is 18.7. The van der Waals surface area contributed by atoms with Crippen LogP contribution in [0.1, 0.15) is 62.6 Å². The van der Waals surface area contributed by atoms with Crippen LogP contribution < -0.4 is 15.0 Å². The van der Waals surface area contributed by atoms with Crippen LogP contribution in [0, 0.1) is 18.3 Å². The largest absolute Gasteiger partial charge is 0.491 e. The van der Waals surface area contributed by atoms with Gasteiger partial charge in [-0.25, -0.2) is 19.9 Å². The topological polar surface area (TPSA) is 91.9 Å². The van der Waals surface area contributed by atoms with Crippen LogP contribution in [0.3, 0.4) is 0 Å². The van der Waals surface area contributed by atoms with E-state index in [4.69, 9.17) is 14.7 Å². The first-order valence-electron chi connectivity index (χ1n) is 14.2. The maximum atomic E-state index is 6.24. The van der Waals surface area contributed by atoms with E-state index < -0.39 is 0 Å². The highest BCUT2D eigenvalue weighted by Crippen LogP contribution is 2.39. The zero-order chi connectivity index (χ0) is 27.1. The molecule has 39 heavy (non-hydrogen) atoms. The van der Waals surface area contributed by atoms with Gasteiger partial charge in [0.1, 0.15) is 29.8 Å². The predicted octanol–water partition coefficient (Wildman–Crippen LogP) is 5.38. The lowest BCUT2D eigenvalue weighted by molar-refractivity contribution is 0.310. The Morgan fingerprint density at radius 1 is 1.13 bits per heavy atom. The monoisotopic (exact) mass is 525 g/mol. The number of anilines is 1. The molecule has 1 aliphatic heterocycles. The molecule has 2 N–H and O–H groups in total. The number of aromatic amines is 1. The van der Waals surface area contributed by atoms with E-state index in [0.717, 1.165) is 90.0 Å². The SMILES string of the molecule is Cc1nc2ncc(-c3ccc4c(c3)CN(c3nc(CNCC(C)C)nc5c3CC(C)(C)CC5)CCO4)cc2[nH]1. The highest BCUT2D eigenvalue weighted by atomic mass is 16.5. The van der Waals surface area contributed by atoms with Crippen LogP contribution in [0.15, 0.2) is 30.5 Å². The van der Waals surface area contributed by atoms with Crippen molar-refractivity contribution in [3.63, 3.8) is 0 Å². The van der Waals surface area contributed by atoms with E-state index in [1.165, 1.54) is 11.3 Å². The molecule has 0 amide bonds. The van der Waals surface area contributed by atoms with Crippen molar-refractivity contribution in [2.24, 2.45) is 11.3 Å². The number of aryl methyl sites for hydroxylation is 2. The maximum absolute atomic E-state index is 6.24. The van der Waals surface area contributed by atoms with Crippen molar-refractivity contribution in [1.29, 1.82) is 0 Å². The first kappa shape index (κ1) is 25.7. The molecule has 0 bridgehead atoms. The van der Waals surface area contributed by atoms with Crippen molar-refractivity contribution >= 4 is 17.0 Å². The Labute approximate surface area is 230 Å². The number of benzene rings is 1. The Balaban J connectivity index is 1.34. The summed E-state index contributed by atoms with van der Waals surface area (Å²) in [5.74, 6) is 4.36. The summed E-state index contributed by atoms with van der Waals surface area (Å²) in [6.45, 7) is 14.9. The Morgan fingerprint density at radius 3 is 2.85 bits per heavy atom. The molecule has 4 heterocycles. The second-order valence-corrected chi connectivity index (χ2v) is 12.3. The summed E-state index contributed by atoms with van der Waals surface area (Å²) in [5, 5.41) is 3.54. The van der Waals surface area contributed by atoms with Gasteiger partial charge in [0.15, 0.2) is 5.65 Å². The summed E-state index contributed by atoms with van der Waals surface area (Å²) >= 11 is 0. The number of hydrogen-bond acceptors (Lipinski definition) is 7. The van der Waals surface area contributed by atoms with E-state index >= 15 is 0 Å². The molecule has 2 aliphatic rings. The minimum absolute atomic E-state index is 0.243. The van der Waals surface area contributed by atoms with Gasteiger partial charge in [-0.2, -0.15) is 0 Å². The van der Waals surface area contributed by atoms with Gasteiger partial charge in [-0.15, -0.1) is 0 Å². The van der Waals surface area contributed by atoms with Crippen LogP contribution in [0.2, 0.25) is 0 Å². The normalized spacial score (nSPS) is 16.6. The van der Waals surface area contributed by atoms with Crippen LogP contribution in [0.4, 0.5) is 5.82 Å². The third-order valence-electron chi connectivity index (χ3n) is 7.78. The van der Waals surface area contributed by atoms with Gasteiger partial charge >= 0.3 is 0 Å². The number of nitrogens with zero attached hydrogens (tertiary/aromatic N) is 5. The molecule has 0 atom stereocenters. The molecular formula is C31H39N7O. The lowest BCUT2D eigenvalue weighted by atomic mass is 9.76. The van der Waals surface area contributed by atoms with Crippen molar-refractivity contribution in [2.75, 3.05) is 24.6 Å². The Morgan fingerprint density at radius 2 is 2.00 bits per heavy atom. The summed E-state index contributed by atoms with van der Waals surface area (Å²) in [4.78, 5) is 24.9. The number of ether oxygens (including phenoxy) is 1. The molecule has 0 saturated carbocycles. The lowest BCUT2D eigenvalue weighted by Gasteiger charge is -2.34. The van der Waals surface area contributed by atoms with Crippen molar-refractivity contribution in [1.82, 2.24) is 30.2 Å². The first-order valence-corrected chi connectivity index (χ1v) is 14.2. The molecule has 8 heteroatoms. The number of aromatic nitrogens is 5. The zero-order valence-corrected chi connectivity index (χ0v) is 23.8. The molecule has 8 nitrogen and oxygen atoms in total. The molecule has 0 saturated heterocycles. The number of hydrogen-bond donors (Lipinski definition) is 2. The van der Waals surface area contributed by atoms with E-state index in [0.29, 0.717) is 19.1 Å². The summed E-state index contributed by atoms with van der Waals surface area (Å²) < 4.78 is 6.24. The molecule has 0 spiro atoms. The number of H-pyrrole nitrogens is 1. The second kappa shape index (κ2) is 10.2. The molecule has 1 aromatic carbocycles. The minimum atomic E-state index is 0.243. The average molecular weight is 526 g/mol. The molecule has 4 aromatic rings. The van der Waals surface area contributed by atoms with Crippen molar-refractivity contribution in [2.45, 2.75) is 67.0 Å². The fourth-order valence-electron chi connectivity index (χ4n) is 5.72. The maximum Gasteiger partial charge on any atom is 0.177 e. The van der Waals surface area contributed by atoms with Crippen LogP contribution in [0.5, 0.6) is 5.75 Å². The zero-order valence-electron chi connectivity index (χ0n) is 23.8. The average Bonchev–Trinajstić information content (AvgIpc) is 3.13. The van der Waals surface area contributed by atoms with E-state index in [9.17, 15) is 0 Å². The molecule has 0 fully saturated rings. The number of fused-ring (bicyclic) bond motifs is 3. The molecule has 204 valence electrons. The van der Waals surface area contributed by atoms with Gasteiger partial charge in [-0.1, -0.05) is 33.8 Å². The standard InChI is InChI=1S/C31H39N7O/c1-19(2)15-32-17-28-36-25-8-9-31(4,5)14-24(25)30(37-28)38-10-11-39-27-7-6-21(12-23(27)18-38)22-13-26-29(33-16-22)35-20(3)34-26/h6-7,12-13,16,19,32H,8-11,14-15,17-18H2,1-5H3,(H,33,34,35). The van der Waals surface area contributed by atoms with Crippen LogP contribution in [-0.2, 0) is 25.9 Å². The van der Waals surface area contributed by atoms with Gasteiger partial charge in [0.25, 0.3) is 0 Å². The Kier molecular flexibility index (Phi) is 6.75. The van der Waals surface area contributed by atoms with Gasteiger partial charge in [0.2, 0.25) is 0 Å². The quantitative estimate of drug-likeness (QED) is 0.349. The highest BCUT2D eigenvalue weighted by molar-refractivity contribution is 5.78. The molecule has 0 radical (unpaired) electrons. The van der Waals surface area contributed by atoms with Crippen molar-refractivity contribution in [3.05, 3.63) is 58.9 Å². The van der Waals surface area contributed by atoms with Gasteiger partial charge in [-0.3, -0.25) is 0 Å². The third-order valence-corrected chi connectivity index (χ3v) is 7.78. The second-order valence-electron chi connectivity index (χ2n) is 12.3.